The normalized spacial score (nSPS) is 10.8. The summed E-state index contributed by atoms with van der Waals surface area (Å²) in [4.78, 5) is 12.0. The van der Waals surface area contributed by atoms with Gasteiger partial charge in [0.15, 0.2) is 5.78 Å². The van der Waals surface area contributed by atoms with Crippen LogP contribution in [-0.2, 0) is 0 Å². The SMILES string of the molecule is Cc1cc(C(=O)/C=C/c2ccccc2Cl)ccc1O. The van der Waals surface area contributed by atoms with Crippen molar-refractivity contribution in [2.75, 3.05) is 0 Å². The van der Waals surface area contributed by atoms with Crippen LogP contribution in [0.4, 0.5) is 0 Å². The lowest BCUT2D eigenvalue weighted by Gasteiger charge is -2.01. The molecule has 0 saturated carbocycles. The number of hydrogen-bond acceptors (Lipinski definition) is 2. The maximum atomic E-state index is 12.0. The molecule has 0 bridgehead atoms. The van der Waals surface area contributed by atoms with E-state index in [-0.39, 0.29) is 11.5 Å². The molecule has 2 aromatic carbocycles. The summed E-state index contributed by atoms with van der Waals surface area (Å²) in [6, 6.07) is 12.1. The second-order valence-electron chi connectivity index (χ2n) is 4.22. The van der Waals surface area contributed by atoms with Crippen molar-refractivity contribution in [1.29, 1.82) is 0 Å². The minimum atomic E-state index is -0.122. The van der Waals surface area contributed by atoms with E-state index in [0.717, 1.165) is 5.56 Å². The van der Waals surface area contributed by atoms with Gasteiger partial charge in [-0.1, -0.05) is 29.8 Å². The summed E-state index contributed by atoms with van der Waals surface area (Å²) in [7, 11) is 0. The van der Waals surface area contributed by atoms with Gasteiger partial charge in [-0.15, -0.1) is 0 Å². The van der Waals surface area contributed by atoms with E-state index in [1.54, 1.807) is 31.2 Å². The number of allylic oxidation sites excluding steroid dienone is 1. The van der Waals surface area contributed by atoms with Crippen LogP contribution < -0.4 is 0 Å². The molecule has 0 fully saturated rings. The van der Waals surface area contributed by atoms with Gasteiger partial charge in [-0.2, -0.15) is 0 Å². The molecular weight excluding hydrogens is 260 g/mol. The lowest BCUT2D eigenvalue weighted by atomic mass is 10.1. The Morgan fingerprint density at radius 3 is 2.63 bits per heavy atom. The lowest BCUT2D eigenvalue weighted by Crippen LogP contribution is -1.94. The fourth-order valence-electron chi connectivity index (χ4n) is 1.68. The van der Waals surface area contributed by atoms with Crippen LogP contribution in [0.5, 0.6) is 5.75 Å². The Labute approximate surface area is 117 Å². The molecule has 3 heteroatoms. The smallest absolute Gasteiger partial charge is 0.185 e. The van der Waals surface area contributed by atoms with Gasteiger partial charge in [0, 0.05) is 10.6 Å². The van der Waals surface area contributed by atoms with Crippen molar-refractivity contribution in [2.24, 2.45) is 0 Å². The number of halogens is 1. The first-order valence-corrected chi connectivity index (χ1v) is 6.22. The molecule has 96 valence electrons. The van der Waals surface area contributed by atoms with Gasteiger partial charge in [-0.3, -0.25) is 4.79 Å². The number of carbonyl (C=O) groups is 1. The zero-order valence-electron chi connectivity index (χ0n) is 10.4. The molecule has 2 nitrogen and oxygen atoms in total. The predicted octanol–water partition coefficient (Wildman–Crippen LogP) is 4.25. The number of aryl methyl sites for hydroxylation is 1. The molecule has 0 saturated heterocycles. The molecule has 0 radical (unpaired) electrons. The number of carbonyl (C=O) groups excluding carboxylic acids is 1. The Hall–Kier alpha value is -2.06. The van der Waals surface area contributed by atoms with Gasteiger partial charge >= 0.3 is 0 Å². The molecule has 0 atom stereocenters. The average molecular weight is 273 g/mol. The first-order valence-electron chi connectivity index (χ1n) is 5.84. The summed E-state index contributed by atoms with van der Waals surface area (Å²) in [6.07, 6.45) is 3.17. The standard InChI is InChI=1S/C16H13ClO2/c1-11-10-13(7-8-15(11)18)16(19)9-6-12-4-2-3-5-14(12)17/h2-10,18H,1H3/b9-6+. The van der Waals surface area contributed by atoms with E-state index in [1.165, 1.54) is 12.1 Å². The van der Waals surface area contributed by atoms with Gasteiger partial charge in [0.25, 0.3) is 0 Å². The molecule has 0 aliphatic carbocycles. The maximum absolute atomic E-state index is 12.0. The molecule has 0 unspecified atom stereocenters. The van der Waals surface area contributed by atoms with Crippen LogP contribution in [0.2, 0.25) is 5.02 Å². The quantitative estimate of drug-likeness (QED) is 0.670. The van der Waals surface area contributed by atoms with Crippen LogP contribution in [0, 0.1) is 6.92 Å². The van der Waals surface area contributed by atoms with E-state index in [1.807, 2.05) is 18.2 Å². The van der Waals surface area contributed by atoms with Gasteiger partial charge in [0.2, 0.25) is 0 Å². The number of rotatable bonds is 3. The molecular formula is C16H13ClO2. The van der Waals surface area contributed by atoms with Gasteiger partial charge in [0.05, 0.1) is 0 Å². The highest BCUT2D eigenvalue weighted by atomic mass is 35.5. The lowest BCUT2D eigenvalue weighted by molar-refractivity contribution is 0.104. The van der Waals surface area contributed by atoms with E-state index in [9.17, 15) is 9.90 Å². The third kappa shape index (κ3) is 3.24. The maximum Gasteiger partial charge on any atom is 0.185 e. The van der Waals surface area contributed by atoms with Gasteiger partial charge < -0.3 is 5.11 Å². The third-order valence-electron chi connectivity index (χ3n) is 2.80. The summed E-state index contributed by atoms with van der Waals surface area (Å²) in [6.45, 7) is 1.75. The largest absolute Gasteiger partial charge is 0.508 e. The number of ketones is 1. The van der Waals surface area contributed by atoms with E-state index in [4.69, 9.17) is 11.6 Å². The van der Waals surface area contributed by atoms with Crippen molar-refractivity contribution < 1.29 is 9.90 Å². The van der Waals surface area contributed by atoms with E-state index in [2.05, 4.69) is 0 Å². The van der Waals surface area contributed by atoms with E-state index < -0.39 is 0 Å². The van der Waals surface area contributed by atoms with E-state index in [0.29, 0.717) is 16.1 Å². The zero-order chi connectivity index (χ0) is 13.8. The summed E-state index contributed by atoms with van der Waals surface area (Å²) in [5.74, 6) is 0.0645. The number of benzene rings is 2. The molecule has 0 amide bonds. The summed E-state index contributed by atoms with van der Waals surface area (Å²) in [5, 5.41) is 10.0. The Morgan fingerprint density at radius 2 is 1.95 bits per heavy atom. The molecule has 0 spiro atoms. The van der Waals surface area contributed by atoms with Crippen molar-refractivity contribution >= 4 is 23.5 Å². The molecule has 0 aromatic heterocycles. The fourth-order valence-corrected chi connectivity index (χ4v) is 1.88. The summed E-state index contributed by atoms with van der Waals surface area (Å²) < 4.78 is 0. The number of aromatic hydroxyl groups is 1. The molecule has 0 aliphatic rings. The third-order valence-corrected chi connectivity index (χ3v) is 3.15. The highest BCUT2D eigenvalue weighted by Gasteiger charge is 2.04. The van der Waals surface area contributed by atoms with Crippen LogP contribution in [0.3, 0.4) is 0 Å². The Bertz CT molecular complexity index is 645. The average Bonchev–Trinajstić information content (AvgIpc) is 2.40. The molecule has 0 aliphatic heterocycles. The van der Waals surface area contributed by atoms with Crippen molar-refractivity contribution in [3.8, 4) is 5.75 Å². The topological polar surface area (TPSA) is 37.3 Å². The second-order valence-corrected chi connectivity index (χ2v) is 4.63. The first kappa shape index (κ1) is 13.4. The van der Waals surface area contributed by atoms with Gasteiger partial charge in [-0.25, -0.2) is 0 Å². The van der Waals surface area contributed by atoms with Crippen molar-refractivity contribution in [1.82, 2.24) is 0 Å². The molecule has 2 aromatic rings. The Balaban J connectivity index is 2.21. The van der Waals surface area contributed by atoms with Crippen molar-refractivity contribution in [3.05, 3.63) is 70.3 Å². The zero-order valence-corrected chi connectivity index (χ0v) is 11.2. The van der Waals surface area contributed by atoms with Gasteiger partial charge in [-0.05, 0) is 54.5 Å². The monoisotopic (exact) mass is 272 g/mol. The van der Waals surface area contributed by atoms with Crippen LogP contribution in [0.25, 0.3) is 6.08 Å². The van der Waals surface area contributed by atoms with Crippen LogP contribution >= 0.6 is 11.6 Å². The molecule has 19 heavy (non-hydrogen) atoms. The minimum absolute atomic E-state index is 0.122. The number of phenolic OH excluding ortho intramolecular Hbond substituents is 1. The number of hydrogen-bond donors (Lipinski definition) is 1. The summed E-state index contributed by atoms with van der Waals surface area (Å²) >= 11 is 6.00. The molecule has 1 N–H and O–H groups in total. The van der Waals surface area contributed by atoms with E-state index >= 15 is 0 Å². The van der Waals surface area contributed by atoms with Crippen LogP contribution in [0.1, 0.15) is 21.5 Å². The second kappa shape index (κ2) is 5.72. The highest BCUT2D eigenvalue weighted by Crippen LogP contribution is 2.19. The predicted molar refractivity (Wildman–Crippen MR) is 77.7 cm³/mol. The van der Waals surface area contributed by atoms with Crippen molar-refractivity contribution in [3.63, 3.8) is 0 Å². The molecule has 0 heterocycles. The van der Waals surface area contributed by atoms with Gasteiger partial charge in [0.1, 0.15) is 5.75 Å². The Kier molecular flexibility index (Phi) is 4.03. The van der Waals surface area contributed by atoms with Crippen LogP contribution in [-0.4, -0.2) is 10.9 Å². The highest BCUT2D eigenvalue weighted by molar-refractivity contribution is 6.32. The molecule has 2 rings (SSSR count). The minimum Gasteiger partial charge on any atom is -0.508 e. The van der Waals surface area contributed by atoms with Crippen LogP contribution in [0.15, 0.2) is 48.5 Å². The summed E-state index contributed by atoms with van der Waals surface area (Å²) in [5.41, 5.74) is 2.02. The Morgan fingerprint density at radius 1 is 1.21 bits per heavy atom. The van der Waals surface area contributed by atoms with Crippen molar-refractivity contribution in [2.45, 2.75) is 6.92 Å². The first-order chi connectivity index (χ1) is 9.08. The fraction of sp³-hybridized carbons (Fsp3) is 0.0625. The number of phenols is 1.